The summed E-state index contributed by atoms with van der Waals surface area (Å²) in [7, 11) is 0. The Hall–Kier alpha value is -1.85. The van der Waals surface area contributed by atoms with Crippen LogP contribution >= 0.6 is 0 Å². The molecule has 6 heteroatoms. The van der Waals surface area contributed by atoms with Gasteiger partial charge in [-0.1, -0.05) is 19.8 Å². The SMILES string of the molecule is C[C@@H]1CCC[C@@H](C(=O)Nc2ccn(CC(=O)O)n2)C1. The number of carbonyl (C=O) groups excluding carboxylic acids is 1. The maximum atomic E-state index is 12.1. The van der Waals surface area contributed by atoms with Crippen molar-refractivity contribution in [3.8, 4) is 0 Å². The largest absolute Gasteiger partial charge is 0.480 e. The first-order chi connectivity index (χ1) is 9.04. The Kier molecular flexibility index (Phi) is 4.19. The van der Waals surface area contributed by atoms with Gasteiger partial charge >= 0.3 is 5.97 Å². The minimum Gasteiger partial charge on any atom is -0.480 e. The summed E-state index contributed by atoms with van der Waals surface area (Å²) in [5.41, 5.74) is 0. The van der Waals surface area contributed by atoms with Gasteiger partial charge in [0.15, 0.2) is 5.82 Å². The number of amides is 1. The highest BCUT2D eigenvalue weighted by molar-refractivity contribution is 5.91. The Morgan fingerprint density at radius 2 is 2.32 bits per heavy atom. The Labute approximate surface area is 111 Å². The summed E-state index contributed by atoms with van der Waals surface area (Å²) in [5.74, 6) is 0.0983. The lowest BCUT2D eigenvalue weighted by molar-refractivity contribution is -0.137. The fraction of sp³-hybridized carbons (Fsp3) is 0.615. The monoisotopic (exact) mass is 265 g/mol. The van der Waals surface area contributed by atoms with Gasteiger partial charge in [0.2, 0.25) is 5.91 Å². The van der Waals surface area contributed by atoms with Crippen molar-refractivity contribution in [2.24, 2.45) is 11.8 Å². The number of hydrogen-bond acceptors (Lipinski definition) is 3. The third-order valence-corrected chi connectivity index (χ3v) is 3.50. The van der Waals surface area contributed by atoms with Crippen LogP contribution in [0.5, 0.6) is 0 Å². The summed E-state index contributed by atoms with van der Waals surface area (Å²) in [6.07, 6.45) is 5.67. The van der Waals surface area contributed by atoms with Gasteiger partial charge < -0.3 is 10.4 Å². The Morgan fingerprint density at radius 1 is 1.53 bits per heavy atom. The molecule has 2 N–H and O–H groups in total. The number of carbonyl (C=O) groups is 2. The van der Waals surface area contributed by atoms with Gasteiger partial charge in [0.05, 0.1) is 0 Å². The number of nitrogens with one attached hydrogen (secondary N) is 1. The quantitative estimate of drug-likeness (QED) is 0.868. The van der Waals surface area contributed by atoms with Crippen molar-refractivity contribution in [3.63, 3.8) is 0 Å². The van der Waals surface area contributed by atoms with E-state index in [1.807, 2.05) is 0 Å². The van der Waals surface area contributed by atoms with E-state index in [4.69, 9.17) is 5.11 Å². The minimum absolute atomic E-state index is 0.00729. The molecule has 0 saturated heterocycles. The zero-order valence-electron chi connectivity index (χ0n) is 11.0. The smallest absolute Gasteiger partial charge is 0.325 e. The summed E-state index contributed by atoms with van der Waals surface area (Å²) in [5, 5.41) is 15.4. The number of carboxylic acids is 1. The molecule has 1 heterocycles. The zero-order valence-corrected chi connectivity index (χ0v) is 11.0. The van der Waals surface area contributed by atoms with Crippen molar-refractivity contribution in [1.29, 1.82) is 0 Å². The van der Waals surface area contributed by atoms with E-state index < -0.39 is 5.97 Å². The molecule has 2 atom stereocenters. The van der Waals surface area contributed by atoms with Gasteiger partial charge in [0.25, 0.3) is 0 Å². The molecule has 0 radical (unpaired) electrons. The van der Waals surface area contributed by atoms with E-state index in [2.05, 4.69) is 17.3 Å². The van der Waals surface area contributed by atoms with Crippen LogP contribution in [-0.2, 0) is 16.1 Å². The molecule has 2 rings (SSSR count). The van der Waals surface area contributed by atoms with Crippen molar-refractivity contribution in [2.45, 2.75) is 39.2 Å². The van der Waals surface area contributed by atoms with E-state index in [1.165, 1.54) is 11.1 Å². The third-order valence-electron chi connectivity index (χ3n) is 3.50. The van der Waals surface area contributed by atoms with E-state index >= 15 is 0 Å². The second-order valence-electron chi connectivity index (χ2n) is 5.25. The van der Waals surface area contributed by atoms with E-state index in [0.717, 1.165) is 19.3 Å². The Morgan fingerprint density at radius 3 is 3.00 bits per heavy atom. The summed E-state index contributed by atoms with van der Waals surface area (Å²) in [6.45, 7) is 1.97. The normalized spacial score (nSPS) is 23.0. The van der Waals surface area contributed by atoms with Crippen LogP contribution in [0, 0.1) is 11.8 Å². The van der Waals surface area contributed by atoms with Gasteiger partial charge in [0, 0.05) is 18.2 Å². The van der Waals surface area contributed by atoms with E-state index in [1.54, 1.807) is 12.3 Å². The molecule has 1 aliphatic carbocycles. The molecule has 1 amide bonds. The van der Waals surface area contributed by atoms with Gasteiger partial charge in [-0.2, -0.15) is 5.10 Å². The number of anilines is 1. The van der Waals surface area contributed by atoms with Gasteiger partial charge in [-0.05, 0) is 18.8 Å². The summed E-state index contributed by atoms with van der Waals surface area (Å²) in [4.78, 5) is 22.6. The average molecular weight is 265 g/mol. The van der Waals surface area contributed by atoms with Crippen LogP contribution in [0.3, 0.4) is 0 Å². The first-order valence-corrected chi connectivity index (χ1v) is 6.60. The molecule has 0 aliphatic heterocycles. The van der Waals surface area contributed by atoms with E-state index in [9.17, 15) is 9.59 Å². The summed E-state index contributed by atoms with van der Waals surface area (Å²) in [6, 6.07) is 1.62. The number of hydrogen-bond donors (Lipinski definition) is 2. The van der Waals surface area contributed by atoms with Crippen molar-refractivity contribution in [3.05, 3.63) is 12.3 Å². The molecule has 1 aliphatic rings. The molecule has 19 heavy (non-hydrogen) atoms. The molecule has 0 aromatic carbocycles. The van der Waals surface area contributed by atoms with Crippen molar-refractivity contribution in [1.82, 2.24) is 9.78 Å². The molecule has 1 saturated carbocycles. The molecule has 104 valence electrons. The maximum Gasteiger partial charge on any atom is 0.325 e. The molecule has 0 bridgehead atoms. The van der Waals surface area contributed by atoms with Gasteiger partial charge in [-0.3, -0.25) is 14.3 Å². The average Bonchev–Trinajstić information content (AvgIpc) is 2.75. The number of rotatable bonds is 4. The lowest BCUT2D eigenvalue weighted by atomic mass is 9.82. The van der Waals surface area contributed by atoms with Gasteiger partial charge in [0.1, 0.15) is 6.54 Å². The number of nitrogens with zero attached hydrogens (tertiary/aromatic N) is 2. The highest BCUT2D eigenvalue weighted by Crippen LogP contribution is 2.29. The maximum absolute atomic E-state index is 12.1. The fourth-order valence-electron chi connectivity index (χ4n) is 2.56. The molecule has 1 fully saturated rings. The van der Waals surface area contributed by atoms with Gasteiger partial charge in [-0.25, -0.2) is 0 Å². The lowest BCUT2D eigenvalue weighted by Crippen LogP contribution is -2.27. The number of aromatic nitrogens is 2. The molecular formula is C13H19N3O3. The van der Waals surface area contributed by atoms with E-state index in [0.29, 0.717) is 11.7 Å². The first kappa shape index (κ1) is 13.6. The molecule has 6 nitrogen and oxygen atoms in total. The van der Waals surface area contributed by atoms with Crippen LogP contribution in [0.2, 0.25) is 0 Å². The number of carboxylic acid groups (broad SMARTS) is 1. The van der Waals surface area contributed by atoms with Crippen LogP contribution in [0.1, 0.15) is 32.6 Å². The predicted molar refractivity (Wildman–Crippen MR) is 69.6 cm³/mol. The van der Waals surface area contributed by atoms with Gasteiger partial charge in [-0.15, -0.1) is 0 Å². The zero-order chi connectivity index (χ0) is 13.8. The lowest BCUT2D eigenvalue weighted by Gasteiger charge is -2.25. The topological polar surface area (TPSA) is 84.2 Å². The highest BCUT2D eigenvalue weighted by Gasteiger charge is 2.25. The van der Waals surface area contributed by atoms with Crippen LogP contribution in [-0.4, -0.2) is 26.8 Å². The van der Waals surface area contributed by atoms with E-state index in [-0.39, 0.29) is 18.4 Å². The van der Waals surface area contributed by atoms with Crippen LogP contribution in [0.15, 0.2) is 12.3 Å². The molecule has 0 spiro atoms. The Balaban J connectivity index is 1.91. The second-order valence-corrected chi connectivity index (χ2v) is 5.25. The molecule has 1 aromatic rings. The summed E-state index contributed by atoms with van der Waals surface area (Å²) >= 11 is 0. The van der Waals surface area contributed by atoms with Crippen LogP contribution in [0.4, 0.5) is 5.82 Å². The Bertz CT molecular complexity index is 469. The van der Waals surface area contributed by atoms with Crippen LogP contribution < -0.4 is 5.32 Å². The van der Waals surface area contributed by atoms with Crippen molar-refractivity contribution < 1.29 is 14.7 Å². The minimum atomic E-state index is -0.956. The molecule has 1 aromatic heterocycles. The highest BCUT2D eigenvalue weighted by atomic mass is 16.4. The van der Waals surface area contributed by atoms with Crippen LogP contribution in [0.25, 0.3) is 0 Å². The fourth-order valence-corrected chi connectivity index (χ4v) is 2.56. The molecule has 0 unspecified atom stereocenters. The first-order valence-electron chi connectivity index (χ1n) is 6.60. The third kappa shape index (κ3) is 3.81. The summed E-state index contributed by atoms with van der Waals surface area (Å²) < 4.78 is 1.29. The predicted octanol–water partition coefficient (Wildman–Crippen LogP) is 1.73. The standard InChI is InChI=1S/C13H19N3O3/c1-9-3-2-4-10(7-9)13(19)14-11-5-6-16(15-11)8-12(17)18/h5-6,9-10H,2-4,7-8H2,1H3,(H,17,18)(H,14,15,19)/t9-,10-/m1/s1. The van der Waals surface area contributed by atoms with Crippen molar-refractivity contribution >= 4 is 17.7 Å². The number of aliphatic carboxylic acids is 1. The molecular weight excluding hydrogens is 246 g/mol. The van der Waals surface area contributed by atoms with Crippen molar-refractivity contribution in [2.75, 3.05) is 5.32 Å². The second kappa shape index (κ2) is 5.86.